The SMILES string of the molecule is CCOC(=O)C1=C(C)NC(C)=C(C(=O)OCC)C1[C@@H]1O[C@H](CO)[C@H](O)[C@H](O)[C@H]1O. The zero-order valence-electron chi connectivity index (χ0n) is 16.9. The largest absolute Gasteiger partial charge is 0.463 e. The smallest absolute Gasteiger partial charge is 0.336 e. The van der Waals surface area contributed by atoms with Crippen molar-refractivity contribution in [2.24, 2.45) is 5.92 Å². The van der Waals surface area contributed by atoms with Gasteiger partial charge in [0, 0.05) is 11.4 Å². The maximum atomic E-state index is 12.7. The van der Waals surface area contributed by atoms with Crippen LogP contribution in [0.5, 0.6) is 0 Å². The van der Waals surface area contributed by atoms with Crippen LogP contribution in [0.15, 0.2) is 22.5 Å². The Balaban J connectivity index is 2.60. The van der Waals surface area contributed by atoms with Crippen LogP contribution in [0.1, 0.15) is 27.7 Å². The number of carbonyl (C=O) groups is 2. The van der Waals surface area contributed by atoms with Gasteiger partial charge in [-0.15, -0.1) is 0 Å². The first-order chi connectivity index (χ1) is 13.7. The van der Waals surface area contributed by atoms with Gasteiger partial charge in [0.2, 0.25) is 0 Å². The number of hydrogen-bond donors (Lipinski definition) is 5. The van der Waals surface area contributed by atoms with E-state index in [0.717, 1.165) is 0 Å². The van der Waals surface area contributed by atoms with Crippen LogP contribution in [0.3, 0.4) is 0 Å². The van der Waals surface area contributed by atoms with Crippen LogP contribution in [-0.4, -0.2) is 82.7 Å². The van der Waals surface area contributed by atoms with Crippen molar-refractivity contribution < 1.29 is 44.2 Å². The topological polar surface area (TPSA) is 155 Å². The summed E-state index contributed by atoms with van der Waals surface area (Å²) in [5, 5.41) is 43.4. The highest BCUT2D eigenvalue weighted by molar-refractivity contribution is 5.98. The van der Waals surface area contributed by atoms with Crippen molar-refractivity contribution in [3.05, 3.63) is 22.5 Å². The average molecular weight is 415 g/mol. The molecule has 2 rings (SSSR count). The number of ether oxygens (including phenoxy) is 3. The van der Waals surface area contributed by atoms with Crippen LogP contribution in [-0.2, 0) is 23.8 Å². The van der Waals surface area contributed by atoms with E-state index in [9.17, 15) is 30.0 Å². The molecule has 0 aromatic rings. The molecule has 29 heavy (non-hydrogen) atoms. The third-order valence-corrected chi connectivity index (χ3v) is 5.05. The fraction of sp³-hybridized carbons (Fsp3) is 0.684. The first-order valence-corrected chi connectivity index (χ1v) is 9.52. The summed E-state index contributed by atoms with van der Waals surface area (Å²) < 4.78 is 15.9. The zero-order valence-corrected chi connectivity index (χ0v) is 16.9. The van der Waals surface area contributed by atoms with Gasteiger partial charge in [-0.1, -0.05) is 0 Å². The first kappa shape index (κ1) is 23.3. The fourth-order valence-electron chi connectivity index (χ4n) is 3.74. The molecule has 5 N–H and O–H groups in total. The van der Waals surface area contributed by atoms with E-state index in [1.165, 1.54) is 0 Å². The minimum atomic E-state index is -1.66. The van der Waals surface area contributed by atoms with Gasteiger partial charge in [-0.05, 0) is 27.7 Å². The molecule has 10 heteroatoms. The summed E-state index contributed by atoms with van der Waals surface area (Å²) in [4.78, 5) is 25.4. The summed E-state index contributed by atoms with van der Waals surface area (Å²) in [7, 11) is 0. The highest BCUT2D eigenvalue weighted by Gasteiger charge is 2.52. The van der Waals surface area contributed by atoms with Crippen molar-refractivity contribution in [3.63, 3.8) is 0 Å². The lowest BCUT2D eigenvalue weighted by Gasteiger charge is -2.45. The van der Waals surface area contributed by atoms with E-state index < -0.39 is 55.0 Å². The minimum Gasteiger partial charge on any atom is -0.463 e. The molecule has 0 aliphatic carbocycles. The van der Waals surface area contributed by atoms with Gasteiger partial charge in [-0.2, -0.15) is 0 Å². The van der Waals surface area contributed by atoms with Crippen LogP contribution in [0, 0.1) is 5.92 Å². The molecule has 0 bridgehead atoms. The normalized spacial score (nSPS) is 30.8. The standard InChI is InChI=1S/C19H29NO9/c1-5-27-18(25)11-8(3)20-9(4)12(19(26)28-6-2)13(11)17-16(24)15(23)14(22)10(7-21)29-17/h10,13-17,20-24H,5-7H2,1-4H3/t10-,14+,15+,16-,17+/m1/s1. The molecule has 0 spiro atoms. The van der Waals surface area contributed by atoms with Gasteiger partial charge in [0.15, 0.2) is 0 Å². The van der Waals surface area contributed by atoms with E-state index in [1.54, 1.807) is 27.7 Å². The molecule has 0 aromatic heterocycles. The van der Waals surface area contributed by atoms with Gasteiger partial charge in [0.25, 0.3) is 0 Å². The summed E-state index contributed by atoms with van der Waals surface area (Å²) in [5.41, 5.74) is 0.835. The predicted octanol–water partition coefficient (Wildman–Crippen LogP) is -1.28. The number of esters is 2. The Kier molecular flexibility index (Phi) is 7.78. The average Bonchev–Trinajstić information content (AvgIpc) is 2.66. The zero-order chi connectivity index (χ0) is 21.9. The number of hydrogen-bond acceptors (Lipinski definition) is 10. The summed E-state index contributed by atoms with van der Waals surface area (Å²) in [6, 6.07) is 0. The van der Waals surface area contributed by atoms with Crippen molar-refractivity contribution in [2.75, 3.05) is 19.8 Å². The number of nitrogens with one attached hydrogen (secondary N) is 1. The molecule has 2 aliphatic heterocycles. The van der Waals surface area contributed by atoms with E-state index in [1.807, 2.05) is 0 Å². The molecule has 164 valence electrons. The van der Waals surface area contributed by atoms with E-state index in [0.29, 0.717) is 11.4 Å². The van der Waals surface area contributed by atoms with E-state index in [4.69, 9.17) is 14.2 Å². The number of carbonyl (C=O) groups excluding carboxylic acids is 2. The third kappa shape index (κ3) is 4.46. The molecule has 2 heterocycles. The quantitative estimate of drug-likeness (QED) is 0.331. The van der Waals surface area contributed by atoms with Gasteiger partial charge < -0.3 is 40.0 Å². The third-order valence-electron chi connectivity index (χ3n) is 5.05. The second-order valence-electron chi connectivity index (χ2n) is 6.91. The Labute approximate surface area is 168 Å². The number of allylic oxidation sites excluding steroid dienone is 2. The van der Waals surface area contributed by atoms with E-state index >= 15 is 0 Å². The molecular weight excluding hydrogens is 386 g/mol. The van der Waals surface area contributed by atoms with Crippen LogP contribution in [0.2, 0.25) is 0 Å². The van der Waals surface area contributed by atoms with Crippen molar-refractivity contribution in [1.29, 1.82) is 0 Å². The number of dihydropyridines is 1. The van der Waals surface area contributed by atoms with Gasteiger partial charge in [-0.3, -0.25) is 0 Å². The van der Waals surface area contributed by atoms with Crippen LogP contribution in [0.25, 0.3) is 0 Å². The molecular formula is C19H29NO9. The molecule has 0 aromatic carbocycles. The molecule has 0 amide bonds. The molecule has 1 saturated heterocycles. The van der Waals surface area contributed by atoms with Crippen LogP contribution < -0.4 is 5.32 Å². The Bertz CT molecular complexity index is 660. The number of rotatable bonds is 6. The van der Waals surface area contributed by atoms with Gasteiger partial charge in [-0.25, -0.2) is 9.59 Å². The van der Waals surface area contributed by atoms with Crippen molar-refractivity contribution in [1.82, 2.24) is 5.32 Å². The molecule has 1 fully saturated rings. The second-order valence-corrected chi connectivity index (χ2v) is 6.91. The Hall–Kier alpha value is -1.98. The van der Waals surface area contributed by atoms with Crippen molar-refractivity contribution >= 4 is 11.9 Å². The van der Waals surface area contributed by atoms with Crippen molar-refractivity contribution in [2.45, 2.75) is 58.2 Å². The van der Waals surface area contributed by atoms with Crippen LogP contribution >= 0.6 is 0 Å². The van der Waals surface area contributed by atoms with E-state index in [2.05, 4.69) is 5.32 Å². The van der Waals surface area contributed by atoms with Gasteiger partial charge in [0.1, 0.15) is 24.4 Å². The summed E-state index contributed by atoms with van der Waals surface area (Å²) in [6.07, 6.45) is -7.39. The Morgan fingerprint density at radius 2 is 1.41 bits per heavy atom. The maximum absolute atomic E-state index is 12.7. The van der Waals surface area contributed by atoms with Gasteiger partial charge in [0.05, 0.1) is 43.0 Å². The Morgan fingerprint density at radius 3 is 1.83 bits per heavy atom. The monoisotopic (exact) mass is 415 g/mol. The molecule has 2 aliphatic rings. The minimum absolute atomic E-state index is 0.0323. The molecule has 0 saturated carbocycles. The predicted molar refractivity (Wildman–Crippen MR) is 99.1 cm³/mol. The van der Waals surface area contributed by atoms with E-state index in [-0.39, 0.29) is 24.4 Å². The molecule has 5 atom stereocenters. The summed E-state index contributed by atoms with van der Waals surface area (Å²) in [5.74, 6) is -2.61. The highest BCUT2D eigenvalue weighted by atomic mass is 16.6. The summed E-state index contributed by atoms with van der Waals surface area (Å²) >= 11 is 0. The lowest BCUT2D eigenvalue weighted by Crippen LogP contribution is -2.61. The molecule has 0 unspecified atom stereocenters. The van der Waals surface area contributed by atoms with Gasteiger partial charge >= 0.3 is 11.9 Å². The highest BCUT2D eigenvalue weighted by Crippen LogP contribution is 2.39. The number of aliphatic hydroxyl groups excluding tert-OH is 4. The van der Waals surface area contributed by atoms with Crippen LogP contribution in [0.4, 0.5) is 0 Å². The second kappa shape index (κ2) is 9.68. The van der Waals surface area contributed by atoms with Crippen molar-refractivity contribution in [3.8, 4) is 0 Å². The fourth-order valence-corrected chi connectivity index (χ4v) is 3.74. The Morgan fingerprint density at radius 1 is 0.931 bits per heavy atom. The first-order valence-electron chi connectivity index (χ1n) is 9.52. The maximum Gasteiger partial charge on any atom is 0.336 e. The lowest BCUT2D eigenvalue weighted by atomic mass is 9.76. The summed E-state index contributed by atoms with van der Waals surface area (Å²) in [6.45, 7) is 5.98. The molecule has 0 radical (unpaired) electrons. The number of aliphatic hydroxyl groups is 4. The lowest BCUT2D eigenvalue weighted by molar-refractivity contribution is -0.236. The molecule has 10 nitrogen and oxygen atoms in total.